The van der Waals surface area contributed by atoms with Crippen molar-refractivity contribution in [3.8, 4) is 5.75 Å². The van der Waals surface area contributed by atoms with E-state index in [0.717, 1.165) is 16.7 Å². The fourth-order valence-corrected chi connectivity index (χ4v) is 3.86. The van der Waals surface area contributed by atoms with Crippen LogP contribution in [0.5, 0.6) is 5.75 Å². The minimum atomic E-state index is 0.319. The highest BCUT2D eigenvalue weighted by molar-refractivity contribution is 5.92. The molecule has 24 heavy (non-hydrogen) atoms. The van der Waals surface area contributed by atoms with Crippen molar-refractivity contribution >= 4 is 12.4 Å². The summed E-state index contributed by atoms with van der Waals surface area (Å²) < 4.78 is 0. The summed E-state index contributed by atoms with van der Waals surface area (Å²) in [5.41, 5.74) is 2.79. The Bertz CT molecular complexity index is 545. The van der Waals surface area contributed by atoms with E-state index in [0.29, 0.717) is 17.8 Å². The van der Waals surface area contributed by atoms with Crippen molar-refractivity contribution in [3.63, 3.8) is 0 Å². The van der Waals surface area contributed by atoms with Gasteiger partial charge in [0.1, 0.15) is 5.75 Å². The van der Waals surface area contributed by atoms with Gasteiger partial charge in [-0.1, -0.05) is 38.5 Å². The normalized spacial score (nSPS) is 21.0. The van der Waals surface area contributed by atoms with Crippen LogP contribution < -0.4 is 0 Å². The highest BCUT2D eigenvalue weighted by Crippen LogP contribution is 2.25. The van der Waals surface area contributed by atoms with Crippen LogP contribution in [0.3, 0.4) is 0 Å². The van der Waals surface area contributed by atoms with E-state index in [2.05, 4.69) is 6.92 Å². The third-order valence-corrected chi connectivity index (χ3v) is 5.31. The molecule has 1 aromatic carbocycles. The Kier molecular flexibility index (Phi) is 6.06. The van der Waals surface area contributed by atoms with Crippen molar-refractivity contribution < 1.29 is 5.11 Å². The SMILES string of the molecule is Cc1cc(C=NC2CCCCC2)c(O)c(C=NC2CCCCC2)c1. The fraction of sp³-hybridized carbons (Fsp3) is 0.619. The molecule has 3 nitrogen and oxygen atoms in total. The molecule has 0 heterocycles. The molecule has 2 aliphatic rings. The van der Waals surface area contributed by atoms with Crippen LogP contribution in [0.25, 0.3) is 0 Å². The van der Waals surface area contributed by atoms with Crippen LogP contribution in [0.1, 0.15) is 80.9 Å². The van der Waals surface area contributed by atoms with E-state index < -0.39 is 0 Å². The predicted molar refractivity (Wildman–Crippen MR) is 102 cm³/mol. The number of rotatable bonds is 4. The lowest BCUT2D eigenvalue weighted by Crippen LogP contribution is -2.10. The molecule has 2 aliphatic carbocycles. The van der Waals surface area contributed by atoms with E-state index in [1.165, 1.54) is 64.2 Å². The van der Waals surface area contributed by atoms with Crippen LogP contribution >= 0.6 is 0 Å². The maximum Gasteiger partial charge on any atom is 0.133 e. The quantitative estimate of drug-likeness (QED) is 0.759. The number of phenolic OH excluding ortho intramolecular Hbond substituents is 1. The van der Waals surface area contributed by atoms with Crippen molar-refractivity contribution in [3.05, 3.63) is 28.8 Å². The fourth-order valence-electron chi connectivity index (χ4n) is 3.86. The smallest absolute Gasteiger partial charge is 0.133 e. The number of aliphatic imine (C=N–C) groups is 2. The molecule has 0 spiro atoms. The molecule has 3 heteroatoms. The number of phenols is 1. The summed E-state index contributed by atoms with van der Waals surface area (Å²) in [5.74, 6) is 0.319. The number of hydrogen-bond donors (Lipinski definition) is 1. The number of nitrogens with zero attached hydrogens (tertiary/aromatic N) is 2. The van der Waals surface area contributed by atoms with E-state index in [1.807, 2.05) is 24.6 Å². The number of benzene rings is 1. The summed E-state index contributed by atoms with van der Waals surface area (Å²) >= 11 is 0. The number of aromatic hydroxyl groups is 1. The van der Waals surface area contributed by atoms with Gasteiger partial charge >= 0.3 is 0 Å². The second-order valence-corrected chi connectivity index (χ2v) is 7.43. The summed E-state index contributed by atoms with van der Waals surface area (Å²) in [4.78, 5) is 9.43. The van der Waals surface area contributed by atoms with Crippen molar-refractivity contribution in [2.24, 2.45) is 9.98 Å². The maximum atomic E-state index is 10.6. The molecule has 0 bridgehead atoms. The van der Waals surface area contributed by atoms with E-state index in [1.54, 1.807) is 0 Å². The third kappa shape index (κ3) is 4.68. The Hall–Kier alpha value is -1.64. The van der Waals surface area contributed by atoms with Gasteiger partial charge in [-0.15, -0.1) is 0 Å². The minimum Gasteiger partial charge on any atom is -0.507 e. The van der Waals surface area contributed by atoms with Crippen molar-refractivity contribution in [2.45, 2.75) is 83.2 Å². The maximum absolute atomic E-state index is 10.6. The minimum absolute atomic E-state index is 0.319. The summed E-state index contributed by atoms with van der Waals surface area (Å²) in [6, 6.07) is 4.88. The highest BCUT2D eigenvalue weighted by atomic mass is 16.3. The molecule has 130 valence electrons. The van der Waals surface area contributed by atoms with Gasteiger partial charge in [0.25, 0.3) is 0 Å². The molecule has 0 radical (unpaired) electrons. The third-order valence-electron chi connectivity index (χ3n) is 5.31. The van der Waals surface area contributed by atoms with Gasteiger partial charge in [-0.3, -0.25) is 9.98 Å². The van der Waals surface area contributed by atoms with Crippen LogP contribution in [0.2, 0.25) is 0 Å². The number of aryl methyl sites for hydroxylation is 1. The van der Waals surface area contributed by atoms with Crippen LogP contribution in [-0.2, 0) is 0 Å². The van der Waals surface area contributed by atoms with Gasteiger partial charge in [-0.25, -0.2) is 0 Å². The Morgan fingerprint density at radius 3 is 1.62 bits per heavy atom. The lowest BCUT2D eigenvalue weighted by Gasteiger charge is -2.18. The van der Waals surface area contributed by atoms with Crippen LogP contribution in [0, 0.1) is 6.92 Å². The molecule has 0 aromatic heterocycles. The lowest BCUT2D eigenvalue weighted by molar-refractivity contribution is 0.443. The van der Waals surface area contributed by atoms with Gasteiger partial charge in [0.05, 0.1) is 0 Å². The Morgan fingerprint density at radius 1 is 0.792 bits per heavy atom. The lowest BCUT2D eigenvalue weighted by atomic mass is 9.96. The Morgan fingerprint density at radius 2 is 1.21 bits per heavy atom. The van der Waals surface area contributed by atoms with Crippen molar-refractivity contribution in [1.29, 1.82) is 0 Å². The summed E-state index contributed by atoms with van der Waals surface area (Å²) in [7, 11) is 0. The van der Waals surface area contributed by atoms with E-state index in [9.17, 15) is 5.11 Å². The van der Waals surface area contributed by atoms with E-state index in [-0.39, 0.29) is 0 Å². The van der Waals surface area contributed by atoms with Gasteiger partial charge in [-0.2, -0.15) is 0 Å². The molecular formula is C21H30N2O. The summed E-state index contributed by atoms with van der Waals surface area (Å²) in [5, 5.41) is 10.6. The van der Waals surface area contributed by atoms with E-state index >= 15 is 0 Å². The first kappa shape index (κ1) is 17.2. The molecule has 0 aliphatic heterocycles. The van der Waals surface area contributed by atoms with Crippen molar-refractivity contribution in [1.82, 2.24) is 0 Å². The first-order valence-electron chi connectivity index (χ1n) is 9.62. The molecule has 0 amide bonds. The first-order chi connectivity index (χ1) is 11.7. The van der Waals surface area contributed by atoms with Crippen molar-refractivity contribution in [2.75, 3.05) is 0 Å². The zero-order valence-electron chi connectivity index (χ0n) is 14.9. The summed E-state index contributed by atoms with van der Waals surface area (Å²) in [6.45, 7) is 2.06. The average molecular weight is 326 g/mol. The molecular weight excluding hydrogens is 296 g/mol. The first-order valence-corrected chi connectivity index (χ1v) is 9.62. The Labute approximate surface area is 145 Å². The average Bonchev–Trinajstić information content (AvgIpc) is 2.62. The molecule has 2 fully saturated rings. The molecule has 2 saturated carbocycles. The molecule has 1 N–H and O–H groups in total. The molecule has 3 rings (SSSR count). The number of hydrogen-bond acceptors (Lipinski definition) is 3. The topological polar surface area (TPSA) is 45.0 Å². The molecule has 0 saturated heterocycles. The standard InChI is InChI=1S/C21H30N2O/c1-16-12-17(14-22-19-8-4-2-5-9-19)21(24)18(13-16)15-23-20-10-6-3-7-11-20/h12-15,19-20,24H,2-11H2,1H3. The Balaban J connectivity index is 1.74. The van der Waals surface area contributed by atoms with Crippen LogP contribution in [0.15, 0.2) is 22.1 Å². The van der Waals surface area contributed by atoms with Gasteiger partial charge in [0.2, 0.25) is 0 Å². The second kappa shape index (κ2) is 8.46. The van der Waals surface area contributed by atoms with Gasteiger partial charge in [-0.05, 0) is 50.3 Å². The monoisotopic (exact) mass is 326 g/mol. The highest BCUT2D eigenvalue weighted by Gasteiger charge is 2.13. The second-order valence-electron chi connectivity index (χ2n) is 7.43. The zero-order chi connectivity index (χ0) is 16.8. The van der Waals surface area contributed by atoms with Crippen LogP contribution in [-0.4, -0.2) is 29.6 Å². The predicted octanol–water partition coefficient (Wildman–Crippen LogP) is 5.20. The van der Waals surface area contributed by atoms with Gasteiger partial charge in [0.15, 0.2) is 0 Å². The van der Waals surface area contributed by atoms with E-state index in [4.69, 9.17) is 9.98 Å². The largest absolute Gasteiger partial charge is 0.507 e. The molecule has 1 aromatic rings. The summed E-state index contributed by atoms with van der Waals surface area (Å²) in [6.07, 6.45) is 16.3. The zero-order valence-corrected chi connectivity index (χ0v) is 14.9. The van der Waals surface area contributed by atoms with Gasteiger partial charge in [0, 0.05) is 35.6 Å². The van der Waals surface area contributed by atoms with Gasteiger partial charge < -0.3 is 5.11 Å². The van der Waals surface area contributed by atoms with Crippen LogP contribution in [0.4, 0.5) is 0 Å². The molecule has 0 unspecified atom stereocenters. The molecule has 0 atom stereocenters.